The number of nitrogens with one attached hydrogen (secondary N) is 1. The van der Waals surface area contributed by atoms with Crippen molar-refractivity contribution in [2.24, 2.45) is 5.92 Å². The Morgan fingerprint density at radius 3 is 3.00 bits per heavy atom. The highest BCUT2D eigenvalue weighted by molar-refractivity contribution is 9.18. The van der Waals surface area contributed by atoms with Crippen LogP contribution in [0, 0.1) is 11.3 Å². The summed E-state index contributed by atoms with van der Waals surface area (Å²) < 4.78 is 5.74. The number of likely N-dealkylation sites (tertiary alicyclic amines) is 1. The number of hydrogen-bond acceptors (Lipinski definition) is 5. The number of carbonyl (C=O) groups excluding carboxylic acids is 1. The molecule has 0 bridgehead atoms. The van der Waals surface area contributed by atoms with Crippen LogP contribution in [0.4, 0.5) is 5.69 Å². The van der Waals surface area contributed by atoms with Crippen LogP contribution in [-0.2, 0) is 4.74 Å². The molecule has 3 rings (SSSR count). The maximum absolute atomic E-state index is 12.5. The van der Waals surface area contributed by atoms with E-state index in [2.05, 4.69) is 20.9 Å². The van der Waals surface area contributed by atoms with Gasteiger partial charge in [-0.15, -0.1) is 0 Å². The van der Waals surface area contributed by atoms with Gasteiger partial charge in [-0.3, -0.25) is 15.2 Å². The molecule has 3 N–H and O–H groups in total. The molecule has 0 saturated carbocycles. The molecule has 110 valence electrons. The van der Waals surface area contributed by atoms with Crippen LogP contribution in [0.5, 0.6) is 0 Å². The second kappa shape index (κ2) is 5.14. The van der Waals surface area contributed by atoms with Gasteiger partial charge in [0.1, 0.15) is 22.2 Å². The third-order valence-electron chi connectivity index (χ3n) is 3.88. The lowest BCUT2D eigenvalue weighted by Crippen LogP contribution is -2.35. The largest absolute Gasteiger partial charge is 0.492 e. The number of halogens is 1. The Labute approximate surface area is 130 Å². The van der Waals surface area contributed by atoms with Crippen molar-refractivity contribution in [1.82, 2.24) is 9.88 Å². The van der Waals surface area contributed by atoms with Crippen molar-refractivity contribution < 1.29 is 9.53 Å². The lowest BCUT2D eigenvalue weighted by Gasteiger charge is -2.33. The van der Waals surface area contributed by atoms with Gasteiger partial charge in [-0.25, -0.2) is 0 Å². The number of amides is 1. The van der Waals surface area contributed by atoms with Gasteiger partial charge in [0.05, 0.1) is 12.5 Å². The highest BCUT2D eigenvalue weighted by Crippen LogP contribution is 2.38. The number of pyridine rings is 1. The van der Waals surface area contributed by atoms with Crippen LogP contribution in [0.2, 0.25) is 0 Å². The Hall–Kier alpha value is -1.89. The zero-order valence-corrected chi connectivity index (χ0v) is 13.1. The molecule has 0 aliphatic carbocycles. The minimum Gasteiger partial charge on any atom is -0.492 e. The zero-order chi connectivity index (χ0) is 15.1. The highest BCUT2D eigenvalue weighted by atomic mass is 79.9. The van der Waals surface area contributed by atoms with E-state index < -0.39 is 0 Å². The van der Waals surface area contributed by atoms with Crippen molar-refractivity contribution in [3.8, 4) is 0 Å². The molecule has 2 unspecified atom stereocenters. The van der Waals surface area contributed by atoms with E-state index in [4.69, 9.17) is 15.9 Å². The molecule has 2 fully saturated rings. The molecular formula is C14H15BrN4O2. The Morgan fingerprint density at radius 1 is 1.62 bits per heavy atom. The Kier molecular flexibility index (Phi) is 3.44. The van der Waals surface area contributed by atoms with Gasteiger partial charge in [0.2, 0.25) is 0 Å². The molecule has 2 saturated heterocycles. The van der Waals surface area contributed by atoms with Gasteiger partial charge >= 0.3 is 0 Å². The zero-order valence-electron chi connectivity index (χ0n) is 11.5. The normalized spacial score (nSPS) is 25.2. The van der Waals surface area contributed by atoms with Crippen molar-refractivity contribution >= 4 is 32.1 Å². The minimum absolute atomic E-state index is 0.104. The van der Waals surface area contributed by atoms with Crippen LogP contribution in [0.1, 0.15) is 23.0 Å². The molecule has 1 aromatic heterocycles. The molecule has 2 aliphatic rings. The summed E-state index contributed by atoms with van der Waals surface area (Å²) >= 11 is 3.04. The summed E-state index contributed by atoms with van der Waals surface area (Å²) in [6, 6.07) is 1.52. The number of allylic oxidation sites excluding steroid dienone is 1. The number of nitrogen functional groups attached to an aromatic ring is 1. The summed E-state index contributed by atoms with van der Waals surface area (Å²) in [6.07, 6.45) is 3.49. The number of nitrogens with two attached hydrogens (primary N) is 1. The van der Waals surface area contributed by atoms with E-state index in [1.165, 1.54) is 12.3 Å². The number of hydrogen-bond donors (Lipinski definition) is 2. The molecule has 2 aliphatic heterocycles. The van der Waals surface area contributed by atoms with Gasteiger partial charge in [-0.1, -0.05) is 0 Å². The van der Waals surface area contributed by atoms with Crippen molar-refractivity contribution in [1.29, 1.82) is 5.41 Å². The van der Waals surface area contributed by atoms with Crippen molar-refractivity contribution in [3.63, 3.8) is 0 Å². The Morgan fingerprint density at radius 2 is 2.38 bits per heavy atom. The molecule has 0 radical (unpaired) electrons. The number of aromatic nitrogens is 1. The molecule has 7 heteroatoms. The van der Waals surface area contributed by atoms with E-state index in [1.54, 1.807) is 4.90 Å². The molecule has 6 nitrogen and oxygen atoms in total. The molecule has 0 aromatic carbocycles. The molecule has 3 heterocycles. The average Bonchev–Trinajstić information content (AvgIpc) is 2.76. The van der Waals surface area contributed by atoms with Crippen molar-refractivity contribution in [2.75, 3.05) is 18.8 Å². The predicted molar refractivity (Wildman–Crippen MR) is 82.4 cm³/mol. The first kappa shape index (κ1) is 14.1. The smallest absolute Gasteiger partial charge is 0.272 e. The van der Waals surface area contributed by atoms with E-state index in [0.29, 0.717) is 36.0 Å². The Balaban J connectivity index is 1.78. The number of ether oxygens (including phenoxy) is 1. The molecule has 1 aromatic rings. The predicted octanol–water partition coefficient (Wildman–Crippen LogP) is 1.76. The van der Waals surface area contributed by atoms with E-state index in [-0.39, 0.29) is 16.6 Å². The van der Waals surface area contributed by atoms with Crippen LogP contribution in [-0.4, -0.2) is 39.6 Å². The first-order valence-corrected chi connectivity index (χ1v) is 7.42. The summed E-state index contributed by atoms with van der Waals surface area (Å²) in [6.45, 7) is 3.17. The van der Waals surface area contributed by atoms with Gasteiger partial charge < -0.3 is 15.4 Å². The van der Waals surface area contributed by atoms with Gasteiger partial charge in [0.15, 0.2) is 0 Å². The third kappa shape index (κ3) is 2.31. The SMILES string of the molecule is C/C=C1/OC2CN(C(=O)c3cc(N)c(C(=N)Br)cn3)CC12. The van der Waals surface area contributed by atoms with Gasteiger partial charge in [-0.05, 0) is 35.0 Å². The van der Waals surface area contributed by atoms with E-state index in [1.807, 2.05) is 13.0 Å². The maximum atomic E-state index is 12.5. The van der Waals surface area contributed by atoms with Gasteiger partial charge in [-0.2, -0.15) is 0 Å². The fraction of sp³-hybridized carbons (Fsp3) is 0.357. The third-order valence-corrected chi connectivity index (χ3v) is 4.31. The average molecular weight is 351 g/mol. The van der Waals surface area contributed by atoms with Gasteiger partial charge in [0.25, 0.3) is 5.91 Å². The van der Waals surface area contributed by atoms with Crippen molar-refractivity contribution in [3.05, 3.63) is 35.4 Å². The van der Waals surface area contributed by atoms with Crippen molar-refractivity contribution in [2.45, 2.75) is 13.0 Å². The van der Waals surface area contributed by atoms with E-state index in [9.17, 15) is 4.79 Å². The number of nitrogens with zero attached hydrogens (tertiary/aromatic N) is 2. The number of rotatable bonds is 2. The molecule has 2 atom stereocenters. The molecule has 0 spiro atoms. The maximum Gasteiger partial charge on any atom is 0.272 e. The molecule has 21 heavy (non-hydrogen) atoms. The number of carbonyl (C=O) groups is 1. The second-order valence-corrected chi connectivity index (χ2v) is 5.93. The van der Waals surface area contributed by atoms with Gasteiger partial charge in [0, 0.05) is 24.0 Å². The first-order valence-electron chi connectivity index (χ1n) is 6.63. The lowest BCUT2D eigenvalue weighted by molar-refractivity contribution is -0.0105. The fourth-order valence-electron chi connectivity index (χ4n) is 2.74. The van der Waals surface area contributed by atoms with Crippen LogP contribution in [0.15, 0.2) is 24.1 Å². The summed E-state index contributed by atoms with van der Waals surface area (Å²) in [5.41, 5.74) is 7.00. The lowest BCUT2D eigenvalue weighted by atomic mass is 9.97. The van der Waals surface area contributed by atoms with Crippen LogP contribution < -0.4 is 5.73 Å². The monoisotopic (exact) mass is 350 g/mol. The highest BCUT2D eigenvalue weighted by Gasteiger charge is 2.47. The van der Waals surface area contributed by atoms with Crippen LogP contribution in [0.25, 0.3) is 0 Å². The molecular weight excluding hydrogens is 336 g/mol. The Bertz CT molecular complexity index is 658. The van der Waals surface area contributed by atoms with E-state index >= 15 is 0 Å². The first-order chi connectivity index (χ1) is 10.0. The summed E-state index contributed by atoms with van der Waals surface area (Å²) in [5, 5.41) is 7.50. The number of fused-ring (bicyclic) bond motifs is 1. The number of anilines is 1. The summed E-state index contributed by atoms with van der Waals surface area (Å²) in [4.78, 5) is 18.3. The molecule has 1 amide bonds. The van der Waals surface area contributed by atoms with Crippen LogP contribution >= 0.6 is 15.9 Å². The minimum atomic E-state index is -0.150. The van der Waals surface area contributed by atoms with E-state index in [0.717, 1.165) is 5.76 Å². The second-order valence-electron chi connectivity index (χ2n) is 5.13. The summed E-state index contributed by atoms with van der Waals surface area (Å²) in [7, 11) is 0. The fourth-order valence-corrected chi connectivity index (χ4v) is 3.07. The van der Waals surface area contributed by atoms with Crippen LogP contribution in [0.3, 0.4) is 0 Å². The topological polar surface area (TPSA) is 92.3 Å². The quantitative estimate of drug-likeness (QED) is 0.794. The standard InChI is InChI=1S/C14H15BrN4O2/c1-2-11-8-5-19(6-12(8)21-11)14(20)10-3-9(16)7(4-18-10)13(15)17/h2-4,8,12,17H,5-6H2,1H3,(H2,16,18)/b11-2+,17-13?. The summed E-state index contributed by atoms with van der Waals surface area (Å²) in [5.74, 6) is 1.12.